The van der Waals surface area contributed by atoms with Crippen molar-refractivity contribution in [1.82, 2.24) is 19.6 Å². The van der Waals surface area contributed by atoms with E-state index in [9.17, 15) is 19.5 Å². The molecule has 2 bridgehead atoms. The third kappa shape index (κ3) is 5.47. The normalized spacial score (nSPS) is 31.3. The van der Waals surface area contributed by atoms with Crippen molar-refractivity contribution < 1.29 is 29.0 Å². The molecule has 4 aliphatic rings. The molecular weight excluding hydrogens is 512 g/mol. The van der Waals surface area contributed by atoms with Crippen LogP contribution in [0.25, 0.3) is 0 Å². The van der Waals surface area contributed by atoms with E-state index in [2.05, 4.69) is 18.1 Å². The van der Waals surface area contributed by atoms with Gasteiger partial charge < -0.3 is 29.3 Å². The number of rotatable bonds is 15. The Kier molecular flexibility index (Phi) is 10.1. The van der Waals surface area contributed by atoms with Gasteiger partial charge in [-0.25, -0.2) is 0 Å². The Labute approximate surface area is 238 Å². The van der Waals surface area contributed by atoms with Crippen LogP contribution in [0, 0.1) is 11.8 Å². The van der Waals surface area contributed by atoms with E-state index in [0.717, 1.165) is 19.5 Å². The molecule has 40 heavy (non-hydrogen) atoms. The predicted octanol–water partition coefficient (Wildman–Crippen LogP) is 1.30. The van der Waals surface area contributed by atoms with Crippen LogP contribution in [0.15, 0.2) is 25.3 Å². The molecule has 0 radical (unpaired) electrons. The molecule has 3 amide bonds. The monoisotopic (exact) mass is 560 g/mol. The maximum Gasteiger partial charge on any atom is 0.248 e. The molecule has 1 N–H and O–H groups in total. The zero-order valence-corrected chi connectivity index (χ0v) is 24.4. The smallest absolute Gasteiger partial charge is 0.248 e. The van der Waals surface area contributed by atoms with Crippen LogP contribution in [0.2, 0.25) is 0 Å². The lowest BCUT2D eigenvalue weighted by molar-refractivity contribution is -0.154. The summed E-state index contributed by atoms with van der Waals surface area (Å²) < 4.78 is 12.4. The third-order valence-electron chi connectivity index (χ3n) is 9.47. The Morgan fingerprint density at radius 2 is 1.80 bits per heavy atom. The van der Waals surface area contributed by atoms with Crippen LogP contribution in [-0.2, 0) is 23.9 Å². The Balaban J connectivity index is 1.67. The van der Waals surface area contributed by atoms with Crippen molar-refractivity contribution in [1.29, 1.82) is 0 Å². The summed E-state index contributed by atoms with van der Waals surface area (Å²) in [6.07, 6.45) is 7.27. The maximum absolute atomic E-state index is 14.5. The molecule has 0 aromatic heterocycles. The number of nitrogens with zero attached hydrogens (tertiary/aromatic N) is 4. The second-order valence-electron chi connectivity index (χ2n) is 11.7. The summed E-state index contributed by atoms with van der Waals surface area (Å²) in [5.41, 5.74) is -1.79. The van der Waals surface area contributed by atoms with E-state index in [4.69, 9.17) is 9.47 Å². The fourth-order valence-corrected chi connectivity index (χ4v) is 7.41. The van der Waals surface area contributed by atoms with Gasteiger partial charge in [0.2, 0.25) is 17.7 Å². The molecule has 4 saturated heterocycles. The second-order valence-corrected chi connectivity index (χ2v) is 11.7. The minimum absolute atomic E-state index is 0.0892. The highest BCUT2D eigenvalue weighted by molar-refractivity contribution is 5.99. The Morgan fingerprint density at radius 1 is 1.07 bits per heavy atom. The molecule has 10 nitrogen and oxygen atoms in total. The van der Waals surface area contributed by atoms with Gasteiger partial charge in [0.25, 0.3) is 0 Å². The van der Waals surface area contributed by atoms with Gasteiger partial charge in [-0.05, 0) is 38.5 Å². The number of morpholine rings is 1. The molecule has 0 aromatic carbocycles. The number of amides is 3. The van der Waals surface area contributed by atoms with Crippen molar-refractivity contribution in [3.8, 4) is 0 Å². The fraction of sp³-hybridized carbons (Fsp3) is 0.767. The van der Waals surface area contributed by atoms with Gasteiger partial charge in [0.05, 0.1) is 30.7 Å². The Hall–Kier alpha value is -2.27. The molecular formula is C30H48N4O6. The second kappa shape index (κ2) is 13.1. The maximum atomic E-state index is 14.5. The number of unbranched alkanes of at least 4 members (excludes halogenated alkanes) is 2. The summed E-state index contributed by atoms with van der Waals surface area (Å²) in [7, 11) is 1.73. The minimum atomic E-state index is -1.03. The van der Waals surface area contributed by atoms with Gasteiger partial charge in [0, 0.05) is 59.5 Å². The largest absolute Gasteiger partial charge is 0.396 e. The highest BCUT2D eigenvalue weighted by atomic mass is 16.5. The number of aliphatic hydroxyl groups excluding tert-OH is 1. The van der Waals surface area contributed by atoms with Crippen LogP contribution in [0.4, 0.5) is 0 Å². The number of likely N-dealkylation sites (N-methyl/N-ethyl adjacent to an activating group) is 1. The van der Waals surface area contributed by atoms with Crippen LogP contribution < -0.4 is 0 Å². The first-order chi connectivity index (χ1) is 19.3. The quantitative estimate of drug-likeness (QED) is 0.238. The number of hydrogen-bond acceptors (Lipinski definition) is 7. The van der Waals surface area contributed by atoms with E-state index < -0.39 is 29.1 Å². The first kappa shape index (κ1) is 30.7. The predicted molar refractivity (Wildman–Crippen MR) is 151 cm³/mol. The van der Waals surface area contributed by atoms with E-state index in [1.807, 2.05) is 6.92 Å². The molecule has 4 rings (SSSR count). The lowest BCUT2D eigenvalue weighted by atomic mass is 9.64. The first-order valence-corrected chi connectivity index (χ1v) is 15.0. The number of ether oxygens (including phenoxy) is 2. The number of carbonyl (C=O) groups excluding carboxylic acids is 3. The van der Waals surface area contributed by atoms with Crippen LogP contribution in [0.1, 0.15) is 45.4 Å². The summed E-state index contributed by atoms with van der Waals surface area (Å²) in [5, 5.41) is 9.28. The number of likely N-dealkylation sites (tertiary alicyclic amines) is 1. The average molecular weight is 561 g/mol. The topological polar surface area (TPSA) is 103 Å². The van der Waals surface area contributed by atoms with E-state index in [1.165, 1.54) is 0 Å². The lowest BCUT2D eigenvalue weighted by Crippen LogP contribution is -2.57. The standard InChI is InChI=1S/C30H48N4O6/c1-5-13-31(4)26(36)23-24-27(37)34(15-9-8-10-20-35)25(30(24)12-11-29(23,7-3)40-30)28(38)33(14-6-2)17-16-32-18-21-39-22-19-32/h5-6,23-25,35H,1-2,7-22H2,3-4H3/t23-,24-,25?,29+,30?/m0/s1. The van der Waals surface area contributed by atoms with Crippen molar-refractivity contribution in [2.24, 2.45) is 11.8 Å². The van der Waals surface area contributed by atoms with Gasteiger partial charge in [-0.1, -0.05) is 19.1 Å². The van der Waals surface area contributed by atoms with Gasteiger partial charge in [0.1, 0.15) is 11.6 Å². The average Bonchev–Trinajstić information content (AvgIpc) is 3.57. The van der Waals surface area contributed by atoms with E-state index in [1.54, 1.807) is 33.9 Å². The molecule has 0 aliphatic carbocycles. The third-order valence-corrected chi connectivity index (χ3v) is 9.47. The molecule has 5 atom stereocenters. The van der Waals surface area contributed by atoms with Crippen molar-refractivity contribution in [2.75, 3.05) is 72.7 Å². The number of fused-ring (bicyclic) bond motifs is 1. The van der Waals surface area contributed by atoms with Gasteiger partial charge >= 0.3 is 0 Å². The van der Waals surface area contributed by atoms with Crippen LogP contribution in [-0.4, -0.2) is 132 Å². The highest BCUT2D eigenvalue weighted by Crippen LogP contribution is 2.64. The van der Waals surface area contributed by atoms with Gasteiger partial charge in [-0.3, -0.25) is 19.3 Å². The van der Waals surface area contributed by atoms with Gasteiger partial charge in [-0.2, -0.15) is 0 Å². The Morgan fingerprint density at radius 3 is 2.45 bits per heavy atom. The summed E-state index contributed by atoms with van der Waals surface area (Å²) in [6.45, 7) is 15.1. The molecule has 1 spiro atoms. The number of carbonyl (C=O) groups is 3. The van der Waals surface area contributed by atoms with Gasteiger partial charge in [-0.15, -0.1) is 13.2 Å². The van der Waals surface area contributed by atoms with Crippen molar-refractivity contribution in [3.05, 3.63) is 25.3 Å². The first-order valence-electron chi connectivity index (χ1n) is 15.0. The molecule has 224 valence electrons. The van der Waals surface area contributed by atoms with Crippen molar-refractivity contribution in [2.45, 2.75) is 62.7 Å². The molecule has 4 heterocycles. The zero-order chi connectivity index (χ0) is 28.9. The summed E-state index contributed by atoms with van der Waals surface area (Å²) in [6, 6.07) is -0.792. The SMILES string of the molecule is C=CCN(C)C(=O)[C@@H]1[C@H]2C(=O)N(CCCCCO)C(C(=O)N(CC=C)CCN3CCOCC3)C23CC[C@@]1(CC)O3. The van der Waals surface area contributed by atoms with Crippen LogP contribution >= 0.6 is 0 Å². The van der Waals surface area contributed by atoms with Crippen molar-refractivity contribution in [3.63, 3.8) is 0 Å². The molecule has 4 fully saturated rings. The molecule has 0 aromatic rings. The van der Waals surface area contributed by atoms with Gasteiger partial charge in [0.15, 0.2) is 0 Å². The van der Waals surface area contributed by atoms with E-state index in [-0.39, 0.29) is 24.3 Å². The molecule has 4 aliphatic heterocycles. The number of hydrogen-bond donors (Lipinski definition) is 1. The summed E-state index contributed by atoms with van der Waals surface area (Å²) >= 11 is 0. The molecule has 0 saturated carbocycles. The van der Waals surface area contributed by atoms with Crippen LogP contribution in [0.5, 0.6) is 0 Å². The Bertz CT molecular complexity index is 954. The van der Waals surface area contributed by atoms with E-state index in [0.29, 0.717) is 78.0 Å². The summed E-state index contributed by atoms with van der Waals surface area (Å²) in [5.74, 6) is -1.74. The number of aliphatic hydroxyl groups is 1. The zero-order valence-electron chi connectivity index (χ0n) is 24.4. The summed E-state index contributed by atoms with van der Waals surface area (Å²) in [4.78, 5) is 50.0. The fourth-order valence-electron chi connectivity index (χ4n) is 7.41. The van der Waals surface area contributed by atoms with E-state index >= 15 is 0 Å². The highest BCUT2D eigenvalue weighted by Gasteiger charge is 2.78. The van der Waals surface area contributed by atoms with Crippen molar-refractivity contribution >= 4 is 17.7 Å². The lowest BCUT2D eigenvalue weighted by Gasteiger charge is -2.37. The molecule has 2 unspecified atom stereocenters. The molecule has 10 heteroatoms. The minimum Gasteiger partial charge on any atom is -0.396 e. The van der Waals surface area contributed by atoms with Crippen LogP contribution in [0.3, 0.4) is 0 Å².